The first-order valence-corrected chi connectivity index (χ1v) is 8.32. The third kappa shape index (κ3) is 2.68. The second-order valence-corrected chi connectivity index (χ2v) is 6.27. The van der Waals surface area contributed by atoms with Crippen LogP contribution in [-0.4, -0.2) is 16.8 Å². The Kier molecular flexibility index (Phi) is 4.38. The van der Waals surface area contributed by atoms with Crippen molar-refractivity contribution in [1.82, 2.24) is 10.2 Å². The van der Waals surface area contributed by atoms with Crippen molar-refractivity contribution in [3.63, 3.8) is 0 Å². The highest BCUT2D eigenvalue weighted by Crippen LogP contribution is 2.34. The molecule has 1 heterocycles. The van der Waals surface area contributed by atoms with E-state index in [2.05, 4.69) is 5.32 Å². The highest BCUT2D eigenvalue weighted by atomic mass is 16.2. The summed E-state index contributed by atoms with van der Waals surface area (Å²) in [5, 5.41) is 2.96. The molecule has 2 aromatic carbocycles. The van der Waals surface area contributed by atoms with Gasteiger partial charge in [-0.15, -0.1) is 0 Å². The zero-order chi connectivity index (χ0) is 17.2. The quantitative estimate of drug-likeness (QED) is 0.853. The lowest BCUT2D eigenvalue weighted by atomic mass is 9.85. The zero-order valence-corrected chi connectivity index (χ0v) is 14.1. The summed E-state index contributed by atoms with van der Waals surface area (Å²) >= 11 is 0. The molecule has 0 saturated carbocycles. The normalized spacial score (nSPS) is 20.3. The number of hydrogen-bond donors (Lipinski definition) is 1. The predicted molar refractivity (Wildman–Crippen MR) is 93.3 cm³/mol. The molecule has 4 nitrogen and oxygen atoms in total. The number of imide groups is 1. The van der Waals surface area contributed by atoms with Gasteiger partial charge in [-0.05, 0) is 30.0 Å². The van der Waals surface area contributed by atoms with Crippen molar-refractivity contribution in [3.8, 4) is 0 Å². The fourth-order valence-corrected chi connectivity index (χ4v) is 3.33. The first-order valence-electron chi connectivity index (χ1n) is 8.32. The van der Waals surface area contributed by atoms with Crippen LogP contribution in [0.4, 0.5) is 4.79 Å². The summed E-state index contributed by atoms with van der Waals surface area (Å²) in [6.07, 6.45) is 1.39. The number of nitrogens with one attached hydrogen (secondary N) is 1. The minimum Gasteiger partial charge on any atom is -0.319 e. The van der Waals surface area contributed by atoms with Crippen LogP contribution in [0.1, 0.15) is 36.5 Å². The van der Waals surface area contributed by atoms with Gasteiger partial charge in [-0.3, -0.25) is 9.69 Å². The monoisotopic (exact) mass is 322 g/mol. The van der Waals surface area contributed by atoms with Crippen LogP contribution >= 0.6 is 0 Å². The van der Waals surface area contributed by atoms with Crippen LogP contribution in [0.25, 0.3) is 0 Å². The summed E-state index contributed by atoms with van der Waals surface area (Å²) in [7, 11) is 0. The molecule has 1 aliphatic heterocycles. The van der Waals surface area contributed by atoms with E-state index in [4.69, 9.17) is 0 Å². The van der Waals surface area contributed by atoms with Crippen molar-refractivity contribution >= 4 is 11.9 Å². The standard InChI is InChI=1S/C20H22N2O2/c1-3-13-20(17-11-5-4-6-12-17)18(23)22(19(24)21-20)14-16-10-8-7-9-15(16)2/h4-12H,3,13-14H2,1-2H3,(H,21,24). The lowest BCUT2D eigenvalue weighted by Crippen LogP contribution is -2.43. The molecule has 0 spiro atoms. The van der Waals surface area contributed by atoms with Gasteiger partial charge in [0.25, 0.3) is 5.91 Å². The van der Waals surface area contributed by atoms with Gasteiger partial charge in [-0.25, -0.2) is 4.79 Å². The minimum atomic E-state index is -0.949. The molecule has 3 rings (SSSR count). The summed E-state index contributed by atoms with van der Waals surface area (Å²) in [4.78, 5) is 27.1. The van der Waals surface area contributed by atoms with Crippen molar-refractivity contribution in [2.45, 2.75) is 38.8 Å². The summed E-state index contributed by atoms with van der Waals surface area (Å²) in [6.45, 7) is 4.31. The van der Waals surface area contributed by atoms with E-state index in [0.717, 1.165) is 23.1 Å². The van der Waals surface area contributed by atoms with Crippen LogP contribution in [0.15, 0.2) is 54.6 Å². The first kappa shape index (κ1) is 16.2. The predicted octanol–water partition coefficient (Wildman–Crippen LogP) is 3.74. The Labute approximate surface area is 142 Å². The van der Waals surface area contributed by atoms with E-state index < -0.39 is 5.54 Å². The lowest BCUT2D eigenvalue weighted by molar-refractivity contribution is -0.132. The smallest absolute Gasteiger partial charge is 0.319 e. The Bertz CT molecular complexity index is 757. The maximum absolute atomic E-state index is 13.2. The summed E-state index contributed by atoms with van der Waals surface area (Å²) in [6, 6.07) is 17.0. The number of aryl methyl sites for hydroxylation is 1. The molecule has 1 N–H and O–H groups in total. The second kappa shape index (κ2) is 6.48. The maximum atomic E-state index is 13.2. The third-order valence-electron chi connectivity index (χ3n) is 4.66. The molecular weight excluding hydrogens is 300 g/mol. The van der Waals surface area contributed by atoms with Gasteiger partial charge in [0.1, 0.15) is 5.54 Å². The Morgan fingerprint density at radius 2 is 1.67 bits per heavy atom. The minimum absolute atomic E-state index is 0.163. The van der Waals surface area contributed by atoms with Crippen LogP contribution in [0.5, 0.6) is 0 Å². The fourth-order valence-electron chi connectivity index (χ4n) is 3.33. The Balaban J connectivity index is 1.96. The topological polar surface area (TPSA) is 49.4 Å². The van der Waals surface area contributed by atoms with E-state index in [9.17, 15) is 9.59 Å². The van der Waals surface area contributed by atoms with Crippen LogP contribution in [-0.2, 0) is 16.9 Å². The summed E-state index contributed by atoms with van der Waals surface area (Å²) in [5.41, 5.74) is 1.96. The molecule has 1 aliphatic rings. The molecule has 1 fully saturated rings. The number of rotatable bonds is 5. The van der Waals surface area contributed by atoms with Gasteiger partial charge in [0, 0.05) is 0 Å². The van der Waals surface area contributed by atoms with E-state index in [1.54, 1.807) is 0 Å². The third-order valence-corrected chi connectivity index (χ3v) is 4.66. The van der Waals surface area contributed by atoms with Crippen LogP contribution in [0.3, 0.4) is 0 Å². The van der Waals surface area contributed by atoms with E-state index in [0.29, 0.717) is 13.0 Å². The van der Waals surface area contributed by atoms with Crippen molar-refractivity contribution in [1.29, 1.82) is 0 Å². The Morgan fingerprint density at radius 3 is 2.33 bits per heavy atom. The fraction of sp³-hybridized carbons (Fsp3) is 0.300. The van der Waals surface area contributed by atoms with Crippen molar-refractivity contribution in [3.05, 3.63) is 71.3 Å². The molecule has 124 valence electrons. The van der Waals surface area contributed by atoms with Gasteiger partial charge in [0.05, 0.1) is 6.54 Å². The van der Waals surface area contributed by atoms with Gasteiger partial charge in [-0.1, -0.05) is 67.9 Å². The lowest BCUT2D eigenvalue weighted by Gasteiger charge is -2.27. The molecule has 0 aromatic heterocycles. The molecule has 2 aromatic rings. The number of carbonyl (C=O) groups is 2. The molecule has 1 unspecified atom stereocenters. The number of amides is 3. The number of urea groups is 1. The molecule has 0 aliphatic carbocycles. The van der Waals surface area contributed by atoms with Gasteiger partial charge in [0.15, 0.2) is 0 Å². The highest BCUT2D eigenvalue weighted by Gasteiger charge is 2.51. The van der Waals surface area contributed by atoms with Gasteiger partial charge >= 0.3 is 6.03 Å². The molecule has 3 amide bonds. The van der Waals surface area contributed by atoms with Gasteiger partial charge < -0.3 is 5.32 Å². The molecule has 1 saturated heterocycles. The van der Waals surface area contributed by atoms with Crippen LogP contribution < -0.4 is 5.32 Å². The molecule has 1 atom stereocenters. The number of hydrogen-bond acceptors (Lipinski definition) is 2. The number of nitrogens with zero attached hydrogens (tertiary/aromatic N) is 1. The average Bonchev–Trinajstić information content (AvgIpc) is 2.83. The molecule has 0 radical (unpaired) electrons. The number of carbonyl (C=O) groups excluding carboxylic acids is 2. The summed E-state index contributed by atoms with van der Waals surface area (Å²) < 4.78 is 0. The average molecular weight is 322 g/mol. The molecule has 0 bridgehead atoms. The van der Waals surface area contributed by atoms with Crippen molar-refractivity contribution in [2.75, 3.05) is 0 Å². The molecular formula is C20H22N2O2. The Hall–Kier alpha value is -2.62. The van der Waals surface area contributed by atoms with Gasteiger partial charge in [0.2, 0.25) is 0 Å². The van der Waals surface area contributed by atoms with E-state index in [-0.39, 0.29) is 11.9 Å². The van der Waals surface area contributed by atoms with E-state index >= 15 is 0 Å². The van der Waals surface area contributed by atoms with Crippen molar-refractivity contribution < 1.29 is 9.59 Å². The molecule has 4 heteroatoms. The maximum Gasteiger partial charge on any atom is 0.325 e. The van der Waals surface area contributed by atoms with Gasteiger partial charge in [-0.2, -0.15) is 0 Å². The largest absolute Gasteiger partial charge is 0.325 e. The molecule has 24 heavy (non-hydrogen) atoms. The van der Waals surface area contributed by atoms with Crippen molar-refractivity contribution in [2.24, 2.45) is 0 Å². The van der Waals surface area contributed by atoms with Crippen LogP contribution in [0.2, 0.25) is 0 Å². The second-order valence-electron chi connectivity index (χ2n) is 6.27. The first-order chi connectivity index (χ1) is 11.6. The zero-order valence-electron chi connectivity index (χ0n) is 14.1. The Morgan fingerprint density at radius 1 is 1.00 bits per heavy atom. The SMILES string of the molecule is CCCC1(c2ccccc2)NC(=O)N(Cc2ccccc2C)C1=O. The highest BCUT2D eigenvalue weighted by molar-refractivity contribution is 6.07. The summed E-state index contributed by atoms with van der Waals surface area (Å²) in [5.74, 6) is -0.163. The number of benzene rings is 2. The van der Waals surface area contributed by atoms with Crippen LogP contribution in [0, 0.1) is 6.92 Å². The van der Waals surface area contributed by atoms with E-state index in [1.165, 1.54) is 4.90 Å². The van der Waals surface area contributed by atoms with E-state index in [1.807, 2.05) is 68.4 Å².